The fourth-order valence-electron chi connectivity index (χ4n) is 5.40. The summed E-state index contributed by atoms with van der Waals surface area (Å²) in [5.41, 5.74) is 2.98. The van der Waals surface area contributed by atoms with Gasteiger partial charge in [0, 0.05) is 44.5 Å². The first kappa shape index (κ1) is 26.9. The number of thioether (sulfide) groups is 1. The zero-order valence-electron chi connectivity index (χ0n) is 22.6. The van der Waals surface area contributed by atoms with E-state index in [9.17, 15) is 14.9 Å². The first-order chi connectivity index (χ1) is 19.9. The number of ether oxygens (including phenoxy) is 2. The van der Waals surface area contributed by atoms with Crippen LogP contribution in [0.2, 0.25) is 0 Å². The van der Waals surface area contributed by atoms with Gasteiger partial charge in [0.25, 0.3) is 11.5 Å². The van der Waals surface area contributed by atoms with Crippen molar-refractivity contribution in [3.63, 3.8) is 0 Å². The minimum atomic E-state index is -0.349. The Labute approximate surface area is 247 Å². The molecule has 1 aromatic heterocycles. The molecule has 3 aliphatic heterocycles. The predicted molar refractivity (Wildman–Crippen MR) is 163 cm³/mol. The van der Waals surface area contributed by atoms with Crippen molar-refractivity contribution in [2.75, 3.05) is 42.8 Å². The number of nitrogens with zero attached hydrogens (tertiary/aromatic N) is 5. The van der Waals surface area contributed by atoms with Gasteiger partial charge in [-0.1, -0.05) is 48.2 Å². The maximum absolute atomic E-state index is 13.6. The molecule has 0 atom stereocenters. The van der Waals surface area contributed by atoms with Crippen molar-refractivity contribution in [3.8, 4) is 17.6 Å². The van der Waals surface area contributed by atoms with E-state index < -0.39 is 0 Å². The Bertz CT molecular complexity index is 1690. The molecule has 0 N–H and O–H groups in total. The fourth-order valence-corrected chi connectivity index (χ4v) is 6.64. The summed E-state index contributed by atoms with van der Waals surface area (Å²) in [6.45, 7) is 5.14. The van der Waals surface area contributed by atoms with Crippen LogP contribution in [0.1, 0.15) is 22.3 Å². The molecular weight excluding hydrogens is 558 g/mol. The lowest BCUT2D eigenvalue weighted by molar-refractivity contribution is -0.122. The van der Waals surface area contributed by atoms with Crippen molar-refractivity contribution >= 4 is 51.8 Å². The molecule has 3 aromatic rings. The Morgan fingerprint density at radius 2 is 1.73 bits per heavy atom. The second kappa shape index (κ2) is 11.0. The van der Waals surface area contributed by atoms with Gasteiger partial charge in [-0.3, -0.25) is 19.1 Å². The molecule has 208 valence electrons. The fraction of sp³-hybridized carbons (Fsp3) is 0.267. The summed E-state index contributed by atoms with van der Waals surface area (Å²) < 4.78 is 12.8. The highest BCUT2D eigenvalue weighted by atomic mass is 32.2. The van der Waals surface area contributed by atoms with Gasteiger partial charge in [-0.25, -0.2) is 0 Å². The number of anilines is 2. The van der Waals surface area contributed by atoms with Crippen LogP contribution in [0.15, 0.2) is 58.2 Å². The molecule has 2 fully saturated rings. The average molecular weight is 586 g/mol. The second-order valence-electron chi connectivity index (χ2n) is 9.98. The summed E-state index contributed by atoms with van der Waals surface area (Å²) in [6, 6.07) is 17.9. The van der Waals surface area contributed by atoms with Crippen LogP contribution in [0.3, 0.4) is 0 Å². The van der Waals surface area contributed by atoms with Gasteiger partial charge in [-0.05, 0) is 48.4 Å². The zero-order chi connectivity index (χ0) is 28.7. The summed E-state index contributed by atoms with van der Waals surface area (Å²) in [6.07, 6.45) is 1.79. The van der Waals surface area contributed by atoms with Crippen LogP contribution < -0.4 is 24.8 Å². The van der Waals surface area contributed by atoms with Crippen molar-refractivity contribution in [2.24, 2.45) is 7.05 Å². The minimum absolute atomic E-state index is 0.0706. The molecule has 6 rings (SSSR count). The van der Waals surface area contributed by atoms with Gasteiger partial charge in [-0.15, -0.1) is 0 Å². The lowest BCUT2D eigenvalue weighted by atomic mass is 10.0. The summed E-state index contributed by atoms with van der Waals surface area (Å²) in [7, 11) is 1.68. The van der Waals surface area contributed by atoms with E-state index in [1.54, 1.807) is 24.9 Å². The number of hydrogen-bond donors (Lipinski definition) is 0. The van der Waals surface area contributed by atoms with Gasteiger partial charge in [0.2, 0.25) is 6.79 Å². The number of carbonyl (C=O) groups excluding carboxylic acids is 1. The van der Waals surface area contributed by atoms with Crippen LogP contribution in [0.25, 0.3) is 6.08 Å². The number of piperazine rings is 1. The van der Waals surface area contributed by atoms with Crippen molar-refractivity contribution < 1.29 is 14.3 Å². The quantitative estimate of drug-likeness (QED) is 0.325. The number of thiocarbonyl (C=S) groups is 1. The van der Waals surface area contributed by atoms with Crippen molar-refractivity contribution in [2.45, 2.75) is 13.5 Å². The molecule has 4 heterocycles. The maximum Gasteiger partial charge on any atom is 0.270 e. The number of hydrogen-bond acceptors (Lipinski definition) is 9. The number of pyridine rings is 1. The van der Waals surface area contributed by atoms with Gasteiger partial charge in [0.15, 0.2) is 11.5 Å². The molecule has 0 aliphatic carbocycles. The Balaban J connectivity index is 1.32. The van der Waals surface area contributed by atoms with E-state index in [-0.39, 0.29) is 23.8 Å². The van der Waals surface area contributed by atoms with Crippen LogP contribution in [0, 0.1) is 18.3 Å². The van der Waals surface area contributed by atoms with Crippen molar-refractivity contribution in [1.29, 1.82) is 5.26 Å². The Morgan fingerprint density at radius 3 is 2.46 bits per heavy atom. The highest BCUT2D eigenvalue weighted by Crippen LogP contribution is 2.38. The standard InChI is InChI=1S/C30H27N5O4S2/c1-19-22(15-26-29(37)35(30(40)41-26)17-20-8-9-24-25(14-20)39-18-38-24)27(32(2)28(36)23(19)16-31)34-12-10-33(11-13-34)21-6-4-3-5-7-21/h3-9,14-15H,10-13,17-18H2,1-2H3/b26-15+. The molecule has 0 spiro atoms. The molecule has 2 saturated heterocycles. The topological polar surface area (TPSA) is 91.0 Å². The normalized spacial score (nSPS) is 17.5. The van der Waals surface area contributed by atoms with Gasteiger partial charge in [0.1, 0.15) is 21.8 Å². The molecule has 0 saturated carbocycles. The van der Waals surface area contributed by atoms with Gasteiger partial charge in [-0.2, -0.15) is 5.26 Å². The number of nitriles is 1. The number of fused-ring (bicyclic) bond motifs is 1. The summed E-state index contributed by atoms with van der Waals surface area (Å²) >= 11 is 6.83. The zero-order valence-corrected chi connectivity index (χ0v) is 24.3. The van der Waals surface area contributed by atoms with Crippen molar-refractivity contribution in [3.05, 3.63) is 86.0 Å². The van der Waals surface area contributed by atoms with Gasteiger partial charge >= 0.3 is 0 Å². The Hall–Kier alpha value is -4.27. The molecule has 11 heteroatoms. The van der Waals surface area contributed by atoms with E-state index >= 15 is 0 Å². The van der Waals surface area contributed by atoms with Crippen molar-refractivity contribution in [1.82, 2.24) is 9.47 Å². The average Bonchev–Trinajstić information content (AvgIpc) is 3.56. The highest BCUT2D eigenvalue weighted by molar-refractivity contribution is 8.26. The summed E-state index contributed by atoms with van der Waals surface area (Å²) in [5, 5.41) is 9.81. The first-order valence-electron chi connectivity index (χ1n) is 13.2. The van der Waals surface area contributed by atoms with Crippen LogP contribution >= 0.6 is 24.0 Å². The summed E-state index contributed by atoms with van der Waals surface area (Å²) in [4.78, 5) is 33.3. The lowest BCUT2D eigenvalue weighted by Crippen LogP contribution is -2.48. The summed E-state index contributed by atoms with van der Waals surface area (Å²) in [5.74, 6) is 1.80. The van der Waals surface area contributed by atoms with Crippen LogP contribution in [0.5, 0.6) is 11.5 Å². The Morgan fingerprint density at radius 1 is 1.02 bits per heavy atom. The predicted octanol–water partition coefficient (Wildman–Crippen LogP) is 4.02. The number of carbonyl (C=O) groups is 1. The molecule has 9 nitrogen and oxygen atoms in total. The van der Waals surface area contributed by atoms with E-state index in [0.29, 0.717) is 57.3 Å². The van der Waals surface area contributed by atoms with E-state index in [0.717, 1.165) is 24.3 Å². The van der Waals surface area contributed by atoms with E-state index in [1.807, 2.05) is 36.4 Å². The van der Waals surface area contributed by atoms with E-state index in [2.05, 4.69) is 28.0 Å². The molecule has 41 heavy (non-hydrogen) atoms. The monoisotopic (exact) mass is 585 g/mol. The number of aromatic nitrogens is 1. The largest absolute Gasteiger partial charge is 0.454 e. The molecular formula is C30H27N5O4S2. The van der Waals surface area contributed by atoms with Crippen LogP contribution in [-0.2, 0) is 18.4 Å². The highest BCUT2D eigenvalue weighted by Gasteiger charge is 2.34. The molecule has 0 unspecified atom stereocenters. The Kier molecular flexibility index (Phi) is 7.19. The number of para-hydroxylation sites is 1. The molecule has 0 radical (unpaired) electrons. The third kappa shape index (κ3) is 4.94. The van der Waals surface area contributed by atoms with E-state index in [4.69, 9.17) is 21.7 Å². The third-order valence-electron chi connectivity index (χ3n) is 7.60. The minimum Gasteiger partial charge on any atom is -0.454 e. The van der Waals surface area contributed by atoms with Crippen LogP contribution in [0.4, 0.5) is 11.5 Å². The smallest absolute Gasteiger partial charge is 0.270 e. The third-order valence-corrected chi connectivity index (χ3v) is 8.97. The second-order valence-corrected chi connectivity index (χ2v) is 11.7. The van der Waals surface area contributed by atoms with Gasteiger partial charge < -0.3 is 19.3 Å². The number of amides is 1. The number of rotatable bonds is 5. The number of benzene rings is 2. The van der Waals surface area contributed by atoms with Gasteiger partial charge in [0.05, 0.1) is 11.4 Å². The molecule has 3 aliphatic rings. The molecule has 1 amide bonds. The van der Waals surface area contributed by atoms with E-state index in [1.165, 1.54) is 16.3 Å². The first-order valence-corrected chi connectivity index (χ1v) is 14.4. The molecule has 2 aromatic carbocycles. The SMILES string of the molecule is Cc1c(/C=C2/SC(=S)N(Cc3ccc4c(c3)OCO4)C2=O)c(N2CCN(c3ccccc3)CC2)n(C)c(=O)c1C#N. The maximum atomic E-state index is 13.6. The van der Waals surface area contributed by atoms with Crippen LogP contribution in [-0.4, -0.2) is 52.7 Å². The lowest BCUT2D eigenvalue weighted by Gasteiger charge is -2.38. The molecule has 0 bridgehead atoms.